The predicted molar refractivity (Wildman–Crippen MR) is 106 cm³/mol. The Labute approximate surface area is 162 Å². The number of hydrogen-bond acceptors (Lipinski definition) is 4. The number of amides is 1. The van der Waals surface area contributed by atoms with Crippen molar-refractivity contribution in [3.8, 4) is 0 Å². The molecule has 0 unspecified atom stereocenters. The third-order valence-electron chi connectivity index (χ3n) is 5.98. The highest BCUT2D eigenvalue weighted by molar-refractivity contribution is 5.91. The monoisotopic (exact) mass is 376 g/mol. The van der Waals surface area contributed by atoms with Gasteiger partial charge in [-0.05, 0) is 48.7 Å². The highest BCUT2D eigenvalue weighted by Crippen LogP contribution is 2.49. The van der Waals surface area contributed by atoms with Gasteiger partial charge in [0.1, 0.15) is 12.1 Å². The Morgan fingerprint density at radius 3 is 2.46 bits per heavy atom. The van der Waals surface area contributed by atoms with E-state index >= 15 is 0 Å². The van der Waals surface area contributed by atoms with Gasteiger partial charge in [0, 0.05) is 43.4 Å². The summed E-state index contributed by atoms with van der Waals surface area (Å²) >= 11 is 0. The van der Waals surface area contributed by atoms with Crippen molar-refractivity contribution >= 4 is 22.5 Å². The summed E-state index contributed by atoms with van der Waals surface area (Å²) in [6, 6.07) is 12.6. The second kappa shape index (κ2) is 6.55. The van der Waals surface area contributed by atoms with Crippen LogP contribution in [0.15, 0.2) is 55.0 Å². The summed E-state index contributed by atoms with van der Waals surface area (Å²) < 4.78 is 13.2. The molecule has 5 nitrogen and oxygen atoms in total. The van der Waals surface area contributed by atoms with Crippen LogP contribution in [0, 0.1) is 5.82 Å². The molecule has 1 saturated heterocycles. The fourth-order valence-corrected chi connectivity index (χ4v) is 4.16. The Morgan fingerprint density at radius 1 is 1.00 bits per heavy atom. The van der Waals surface area contributed by atoms with Crippen molar-refractivity contribution in [3.63, 3.8) is 0 Å². The van der Waals surface area contributed by atoms with Crippen LogP contribution >= 0.6 is 0 Å². The van der Waals surface area contributed by atoms with Crippen LogP contribution in [0.4, 0.5) is 10.1 Å². The Morgan fingerprint density at radius 2 is 1.75 bits per heavy atom. The van der Waals surface area contributed by atoms with Gasteiger partial charge in [-0.15, -0.1) is 0 Å². The number of fused-ring (bicyclic) bond motifs is 1. The van der Waals surface area contributed by atoms with Crippen molar-refractivity contribution in [2.24, 2.45) is 0 Å². The average molecular weight is 376 g/mol. The molecule has 1 amide bonds. The second-order valence-electron chi connectivity index (χ2n) is 7.63. The van der Waals surface area contributed by atoms with Crippen LogP contribution < -0.4 is 4.90 Å². The molecular formula is C22H21FN4O. The van der Waals surface area contributed by atoms with E-state index in [2.05, 4.69) is 27.0 Å². The number of aromatic nitrogens is 2. The van der Waals surface area contributed by atoms with Gasteiger partial charge in [-0.2, -0.15) is 0 Å². The molecule has 3 aromatic rings. The molecule has 5 rings (SSSR count). The molecule has 2 fully saturated rings. The van der Waals surface area contributed by atoms with E-state index in [1.54, 1.807) is 18.5 Å². The van der Waals surface area contributed by atoms with E-state index in [1.807, 2.05) is 17.2 Å². The Bertz CT molecular complexity index is 1020. The number of benzene rings is 2. The predicted octanol–water partition coefficient (Wildman–Crippen LogP) is 3.15. The number of rotatable bonds is 3. The zero-order chi connectivity index (χ0) is 19.1. The van der Waals surface area contributed by atoms with Gasteiger partial charge in [0.2, 0.25) is 5.91 Å². The third kappa shape index (κ3) is 2.89. The average Bonchev–Trinajstić information content (AvgIpc) is 3.55. The minimum atomic E-state index is -0.434. The van der Waals surface area contributed by atoms with Crippen molar-refractivity contribution < 1.29 is 9.18 Å². The first-order valence-corrected chi connectivity index (χ1v) is 9.66. The summed E-state index contributed by atoms with van der Waals surface area (Å²) in [6.45, 7) is 2.99. The topological polar surface area (TPSA) is 49.3 Å². The normalized spacial score (nSPS) is 18.3. The van der Waals surface area contributed by atoms with Crippen LogP contribution in [0.25, 0.3) is 10.9 Å². The maximum absolute atomic E-state index is 13.2. The Hall–Kier alpha value is -3.02. The third-order valence-corrected chi connectivity index (χ3v) is 5.98. The molecule has 2 heterocycles. The summed E-state index contributed by atoms with van der Waals surface area (Å²) in [5, 5.41) is 1.02. The summed E-state index contributed by atoms with van der Waals surface area (Å²) in [6.07, 6.45) is 5.08. The van der Waals surface area contributed by atoms with Crippen LogP contribution in [-0.4, -0.2) is 47.0 Å². The lowest BCUT2D eigenvalue weighted by Gasteiger charge is -2.38. The number of nitrogens with zero attached hydrogens (tertiary/aromatic N) is 4. The van der Waals surface area contributed by atoms with E-state index in [0.717, 1.165) is 48.1 Å². The summed E-state index contributed by atoms with van der Waals surface area (Å²) in [5.74, 6) is -0.0768. The van der Waals surface area contributed by atoms with Gasteiger partial charge in [-0.3, -0.25) is 4.79 Å². The van der Waals surface area contributed by atoms with Crippen molar-refractivity contribution in [1.29, 1.82) is 0 Å². The molecule has 2 aromatic carbocycles. The quantitative estimate of drug-likeness (QED) is 0.705. The lowest BCUT2D eigenvalue weighted by molar-refractivity contribution is -0.134. The SMILES string of the molecule is O=C(N1CCN(c2ccc3ncncc3c2)CC1)C1(c2ccc(F)cc2)CC1. The lowest BCUT2D eigenvalue weighted by atomic mass is 9.94. The van der Waals surface area contributed by atoms with E-state index in [-0.39, 0.29) is 11.7 Å². The maximum atomic E-state index is 13.2. The van der Waals surface area contributed by atoms with E-state index < -0.39 is 5.41 Å². The van der Waals surface area contributed by atoms with Crippen LogP contribution in [0.1, 0.15) is 18.4 Å². The first kappa shape index (κ1) is 17.1. The molecular weight excluding hydrogens is 355 g/mol. The molecule has 28 heavy (non-hydrogen) atoms. The minimum Gasteiger partial charge on any atom is -0.368 e. The van der Waals surface area contributed by atoms with Crippen LogP contribution in [0.5, 0.6) is 0 Å². The van der Waals surface area contributed by atoms with Crippen molar-refractivity contribution in [3.05, 3.63) is 66.4 Å². The Balaban J connectivity index is 1.29. The van der Waals surface area contributed by atoms with Gasteiger partial charge in [-0.1, -0.05) is 12.1 Å². The van der Waals surface area contributed by atoms with Gasteiger partial charge < -0.3 is 9.80 Å². The molecule has 142 valence electrons. The molecule has 0 spiro atoms. The second-order valence-corrected chi connectivity index (χ2v) is 7.63. The molecule has 6 heteroatoms. The maximum Gasteiger partial charge on any atom is 0.233 e. The van der Waals surface area contributed by atoms with Gasteiger partial charge in [-0.25, -0.2) is 14.4 Å². The van der Waals surface area contributed by atoms with Crippen LogP contribution in [0.2, 0.25) is 0 Å². The van der Waals surface area contributed by atoms with Gasteiger partial charge in [0.15, 0.2) is 0 Å². The zero-order valence-electron chi connectivity index (χ0n) is 15.5. The van der Waals surface area contributed by atoms with Crippen molar-refractivity contribution in [2.45, 2.75) is 18.3 Å². The number of piperazine rings is 1. The molecule has 1 aliphatic carbocycles. The molecule has 2 aliphatic rings. The van der Waals surface area contributed by atoms with Crippen molar-refractivity contribution in [2.75, 3.05) is 31.1 Å². The number of carbonyl (C=O) groups is 1. The summed E-state index contributed by atoms with van der Waals surface area (Å²) in [7, 11) is 0. The number of hydrogen-bond donors (Lipinski definition) is 0. The van der Waals surface area contributed by atoms with Gasteiger partial charge in [0.25, 0.3) is 0 Å². The van der Waals surface area contributed by atoms with E-state index in [4.69, 9.17) is 0 Å². The molecule has 0 atom stereocenters. The number of carbonyl (C=O) groups excluding carboxylic acids is 1. The Kier molecular flexibility index (Phi) is 4.00. The van der Waals surface area contributed by atoms with E-state index in [0.29, 0.717) is 13.1 Å². The summed E-state index contributed by atoms with van der Waals surface area (Å²) in [4.78, 5) is 25.8. The van der Waals surface area contributed by atoms with Gasteiger partial charge >= 0.3 is 0 Å². The molecule has 0 radical (unpaired) electrons. The highest BCUT2D eigenvalue weighted by atomic mass is 19.1. The molecule has 1 aromatic heterocycles. The standard InChI is InChI=1S/C22H21FN4O/c23-18-3-1-17(2-4-18)22(7-8-22)21(28)27-11-9-26(10-12-27)19-5-6-20-16(13-19)14-24-15-25-20/h1-6,13-15H,7-12H2. The lowest BCUT2D eigenvalue weighted by Crippen LogP contribution is -2.51. The van der Waals surface area contributed by atoms with E-state index in [1.165, 1.54) is 12.1 Å². The molecule has 1 saturated carbocycles. The molecule has 1 aliphatic heterocycles. The molecule has 0 N–H and O–H groups in total. The summed E-state index contributed by atoms with van der Waals surface area (Å²) in [5.41, 5.74) is 2.57. The first-order valence-electron chi connectivity index (χ1n) is 9.66. The largest absolute Gasteiger partial charge is 0.368 e. The van der Waals surface area contributed by atoms with Crippen LogP contribution in [-0.2, 0) is 10.2 Å². The number of halogens is 1. The first-order chi connectivity index (χ1) is 13.7. The number of anilines is 1. The highest BCUT2D eigenvalue weighted by Gasteiger charge is 2.53. The van der Waals surface area contributed by atoms with Gasteiger partial charge in [0.05, 0.1) is 10.9 Å². The van der Waals surface area contributed by atoms with Crippen LogP contribution in [0.3, 0.4) is 0 Å². The smallest absolute Gasteiger partial charge is 0.233 e. The van der Waals surface area contributed by atoms with Crippen molar-refractivity contribution in [1.82, 2.24) is 14.9 Å². The fraction of sp³-hybridized carbons (Fsp3) is 0.318. The minimum absolute atomic E-state index is 0.186. The zero-order valence-corrected chi connectivity index (χ0v) is 15.5. The fourth-order valence-electron chi connectivity index (χ4n) is 4.16. The molecule has 0 bridgehead atoms. The van der Waals surface area contributed by atoms with E-state index in [9.17, 15) is 9.18 Å².